The summed E-state index contributed by atoms with van der Waals surface area (Å²) in [4.78, 5) is 2.57. The van der Waals surface area contributed by atoms with Crippen LogP contribution in [0.3, 0.4) is 0 Å². The van der Waals surface area contributed by atoms with Crippen molar-refractivity contribution in [1.82, 2.24) is 0 Å². The summed E-state index contributed by atoms with van der Waals surface area (Å²) in [5.74, 6) is 0. The van der Waals surface area contributed by atoms with Crippen LogP contribution in [0.2, 0.25) is 0 Å². The fraction of sp³-hybridized carbons (Fsp3) is 0.0137. The first-order valence-electron chi connectivity index (χ1n) is 25.7. The molecule has 0 amide bonds. The zero-order chi connectivity index (χ0) is 48.7. The molecule has 0 saturated heterocycles. The van der Waals surface area contributed by atoms with Gasteiger partial charge in [-0.05, 0) is 141 Å². The summed E-state index contributed by atoms with van der Waals surface area (Å²) in [6.45, 7) is 0. The molecule has 0 aromatic heterocycles. The van der Waals surface area contributed by atoms with Crippen LogP contribution in [-0.2, 0) is 5.41 Å². The maximum atomic E-state index is 2.57. The molecular formula is C73H47N. The maximum Gasteiger partial charge on any atom is 0.0726 e. The molecule has 2 aliphatic rings. The van der Waals surface area contributed by atoms with Crippen LogP contribution >= 0.6 is 0 Å². The lowest BCUT2D eigenvalue weighted by atomic mass is 9.70. The second-order valence-electron chi connectivity index (χ2n) is 19.8. The summed E-state index contributed by atoms with van der Waals surface area (Å²) in [5, 5.41) is 7.32. The Morgan fingerprint density at radius 2 is 0.662 bits per heavy atom. The number of anilines is 3. The highest BCUT2D eigenvalue weighted by Crippen LogP contribution is 2.64. The van der Waals surface area contributed by atoms with Gasteiger partial charge in [0.2, 0.25) is 0 Å². The van der Waals surface area contributed by atoms with Crippen molar-refractivity contribution in [2.75, 3.05) is 4.90 Å². The number of hydrogen-bond acceptors (Lipinski definition) is 1. The van der Waals surface area contributed by atoms with E-state index in [4.69, 9.17) is 0 Å². The average Bonchev–Trinajstić information content (AvgIpc) is 3.98. The van der Waals surface area contributed by atoms with Gasteiger partial charge in [0.25, 0.3) is 0 Å². The van der Waals surface area contributed by atoms with Gasteiger partial charge in [-0.15, -0.1) is 0 Å². The molecule has 1 spiro atoms. The number of hydrogen-bond donors (Lipinski definition) is 0. The Kier molecular flexibility index (Phi) is 9.55. The Bertz CT molecular complexity index is 4300. The number of nitrogens with zero attached hydrogens (tertiary/aromatic N) is 1. The van der Waals surface area contributed by atoms with E-state index in [1.165, 1.54) is 116 Å². The standard InChI is InChI=1S/C73H47N/c1-2-20-48(21-3-1)55-27-6-7-28-57(55)50-40-42-53(43-41-50)74(54-44-45-64-63-33-14-17-39-69(63)73(70(64)47-54)67-37-15-12-31-61(67)62-32-13-16-38-68(62)73)72-66-35-11-9-30-60(66)59-29-8-10-34-65(59)71(72)52-25-18-24-51(46-52)58-36-19-23-49-22-4-5-26-56(49)58/h1-47H. The summed E-state index contributed by atoms with van der Waals surface area (Å²) in [7, 11) is 0. The lowest BCUT2D eigenvalue weighted by molar-refractivity contribution is 0.793. The second-order valence-corrected chi connectivity index (χ2v) is 19.8. The van der Waals surface area contributed by atoms with Gasteiger partial charge in [0, 0.05) is 22.3 Å². The SMILES string of the molecule is c1ccc(-c2ccccc2-c2ccc(N(c3ccc4c(c3)C3(c5ccccc5-c5ccccc53)c3ccccc3-4)c3c(-c4cccc(-c5cccc6ccccc56)c4)c4ccccc4c4ccccc34)cc2)cc1. The normalized spacial score (nSPS) is 12.7. The van der Waals surface area contributed by atoms with E-state index in [2.05, 4.69) is 290 Å². The van der Waals surface area contributed by atoms with Crippen LogP contribution in [0.25, 0.3) is 99.1 Å². The summed E-state index contributed by atoms with van der Waals surface area (Å²) in [5.41, 5.74) is 22.8. The Balaban J connectivity index is 1.03. The van der Waals surface area contributed by atoms with Gasteiger partial charge in [0.1, 0.15) is 0 Å². The minimum atomic E-state index is -0.507. The van der Waals surface area contributed by atoms with E-state index in [9.17, 15) is 0 Å². The molecule has 13 aromatic rings. The highest BCUT2D eigenvalue weighted by molar-refractivity contribution is 6.23. The third-order valence-corrected chi connectivity index (χ3v) is 16.1. The molecule has 15 rings (SSSR count). The van der Waals surface area contributed by atoms with E-state index in [-0.39, 0.29) is 0 Å². The van der Waals surface area contributed by atoms with Gasteiger partial charge in [-0.3, -0.25) is 0 Å². The Labute approximate surface area is 431 Å². The Morgan fingerprint density at radius 3 is 1.32 bits per heavy atom. The summed E-state index contributed by atoms with van der Waals surface area (Å²) in [6.07, 6.45) is 0. The van der Waals surface area contributed by atoms with Crippen molar-refractivity contribution in [3.63, 3.8) is 0 Å². The van der Waals surface area contributed by atoms with Crippen LogP contribution in [0.4, 0.5) is 17.1 Å². The molecule has 1 nitrogen and oxygen atoms in total. The average molecular weight is 938 g/mol. The molecule has 0 bridgehead atoms. The zero-order valence-electron chi connectivity index (χ0n) is 40.6. The molecule has 0 radical (unpaired) electrons. The molecule has 0 heterocycles. The van der Waals surface area contributed by atoms with Crippen LogP contribution in [-0.4, -0.2) is 0 Å². The van der Waals surface area contributed by atoms with Crippen molar-refractivity contribution in [1.29, 1.82) is 0 Å². The molecule has 0 atom stereocenters. The van der Waals surface area contributed by atoms with E-state index in [0.29, 0.717) is 0 Å². The number of benzene rings is 13. The van der Waals surface area contributed by atoms with Crippen LogP contribution in [0.15, 0.2) is 285 Å². The van der Waals surface area contributed by atoms with Gasteiger partial charge >= 0.3 is 0 Å². The Hall–Kier alpha value is -9.56. The van der Waals surface area contributed by atoms with E-state index in [1.807, 2.05) is 0 Å². The molecule has 1 heteroatoms. The van der Waals surface area contributed by atoms with E-state index in [0.717, 1.165) is 22.6 Å². The fourth-order valence-electron chi connectivity index (χ4n) is 13.0. The Morgan fingerprint density at radius 1 is 0.230 bits per heavy atom. The first-order valence-corrected chi connectivity index (χ1v) is 25.7. The minimum absolute atomic E-state index is 0.507. The van der Waals surface area contributed by atoms with Gasteiger partial charge in [-0.1, -0.05) is 255 Å². The van der Waals surface area contributed by atoms with Gasteiger partial charge < -0.3 is 4.90 Å². The molecule has 2 aliphatic carbocycles. The van der Waals surface area contributed by atoms with Gasteiger partial charge in [0.15, 0.2) is 0 Å². The van der Waals surface area contributed by atoms with Crippen molar-refractivity contribution >= 4 is 49.4 Å². The monoisotopic (exact) mass is 937 g/mol. The second kappa shape index (κ2) is 16.8. The quantitative estimate of drug-likeness (QED) is 0.144. The van der Waals surface area contributed by atoms with E-state index >= 15 is 0 Å². The van der Waals surface area contributed by atoms with Crippen molar-refractivity contribution in [2.45, 2.75) is 5.41 Å². The topological polar surface area (TPSA) is 3.24 Å². The summed E-state index contributed by atoms with van der Waals surface area (Å²) >= 11 is 0. The predicted octanol–water partition coefficient (Wildman–Crippen LogP) is 19.6. The zero-order valence-corrected chi connectivity index (χ0v) is 40.6. The highest BCUT2D eigenvalue weighted by Gasteiger charge is 2.51. The van der Waals surface area contributed by atoms with Gasteiger partial charge in [-0.25, -0.2) is 0 Å². The van der Waals surface area contributed by atoms with Crippen molar-refractivity contribution in [3.05, 3.63) is 307 Å². The van der Waals surface area contributed by atoms with Gasteiger partial charge in [0.05, 0.1) is 11.1 Å². The highest BCUT2D eigenvalue weighted by atomic mass is 15.1. The summed E-state index contributed by atoms with van der Waals surface area (Å²) in [6, 6.07) is 106. The maximum absolute atomic E-state index is 2.57. The third kappa shape index (κ3) is 6.23. The molecule has 0 aliphatic heterocycles. The third-order valence-electron chi connectivity index (χ3n) is 16.1. The molecule has 344 valence electrons. The minimum Gasteiger partial charge on any atom is -0.309 e. The lowest BCUT2D eigenvalue weighted by Crippen LogP contribution is -2.26. The van der Waals surface area contributed by atoms with Crippen LogP contribution < -0.4 is 4.90 Å². The molecule has 74 heavy (non-hydrogen) atoms. The van der Waals surface area contributed by atoms with Crippen LogP contribution in [0.1, 0.15) is 22.3 Å². The van der Waals surface area contributed by atoms with Crippen LogP contribution in [0, 0.1) is 0 Å². The molecule has 0 N–H and O–H groups in total. The van der Waals surface area contributed by atoms with E-state index < -0.39 is 5.41 Å². The molecular weight excluding hydrogens is 891 g/mol. The summed E-state index contributed by atoms with van der Waals surface area (Å²) < 4.78 is 0. The first-order chi connectivity index (χ1) is 36.7. The molecule has 0 fully saturated rings. The number of rotatable bonds is 7. The van der Waals surface area contributed by atoms with Crippen molar-refractivity contribution in [2.24, 2.45) is 0 Å². The van der Waals surface area contributed by atoms with Crippen molar-refractivity contribution < 1.29 is 0 Å². The first kappa shape index (κ1) is 42.2. The number of fused-ring (bicyclic) bond motifs is 14. The molecule has 13 aromatic carbocycles. The molecule has 0 unspecified atom stereocenters. The van der Waals surface area contributed by atoms with E-state index in [1.54, 1.807) is 0 Å². The largest absolute Gasteiger partial charge is 0.309 e. The van der Waals surface area contributed by atoms with Crippen LogP contribution in [0.5, 0.6) is 0 Å². The van der Waals surface area contributed by atoms with Gasteiger partial charge in [-0.2, -0.15) is 0 Å². The van der Waals surface area contributed by atoms with Crippen molar-refractivity contribution in [3.8, 4) is 66.8 Å². The fourth-order valence-corrected chi connectivity index (χ4v) is 13.0. The molecule has 0 saturated carbocycles. The lowest BCUT2D eigenvalue weighted by Gasteiger charge is -2.33. The predicted molar refractivity (Wildman–Crippen MR) is 312 cm³/mol. The smallest absolute Gasteiger partial charge is 0.0726 e.